The van der Waals surface area contributed by atoms with Crippen LogP contribution in [0.1, 0.15) is 11.1 Å². The van der Waals surface area contributed by atoms with Gasteiger partial charge in [-0.05, 0) is 29.8 Å². The lowest BCUT2D eigenvalue weighted by Crippen LogP contribution is -2.15. The van der Waals surface area contributed by atoms with Crippen molar-refractivity contribution in [2.45, 2.75) is 11.9 Å². The smallest absolute Gasteiger partial charge is 0.325 e. The Morgan fingerprint density at radius 3 is 2.52 bits per heavy atom. The molecule has 0 unspecified atom stereocenters. The quantitative estimate of drug-likeness (QED) is 0.796. The van der Waals surface area contributed by atoms with Crippen molar-refractivity contribution in [3.05, 3.63) is 65.5 Å². The van der Waals surface area contributed by atoms with Crippen molar-refractivity contribution in [2.24, 2.45) is 0 Å². The zero-order chi connectivity index (χ0) is 16.9. The molecule has 23 heavy (non-hydrogen) atoms. The number of amides is 1. The molecule has 0 saturated carbocycles. The zero-order valence-corrected chi connectivity index (χ0v) is 12.7. The van der Waals surface area contributed by atoms with Gasteiger partial charge in [0.1, 0.15) is 5.82 Å². The first kappa shape index (κ1) is 17.3. The zero-order valence-electron chi connectivity index (χ0n) is 11.9. The van der Waals surface area contributed by atoms with Crippen molar-refractivity contribution in [1.82, 2.24) is 0 Å². The number of alkyl halides is 3. The van der Waals surface area contributed by atoms with Crippen LogP contribution < -0.4 is 5.32 Å². The van der Waals surface area contributed by atoms with Gasteiger partial charge in [0.15, 0.2) is 0 Å². The van der Waals surface area contributed by atoms with Gasteiger partial charge in [-0.15, -0.1) is 11.8 Å². The number of nitrogens with one attached hydrogen (secondary N) is 1. The number of carbonyl (C=O) groups excluding carboxylic acids is 1. The molecule has 0 spiro atoms. The molecule has 0 saturated heterocycles. The van der Waals surface area contributed by atoms with Crippen molar-refractivity contribution in [3.63, 3.8) is 0 Å². The van der Waals surface area contributed by atoms with Crippen LogP contribution in [0, 0.1) is 5.82 Å². The molecule has 1 N–H and O–H groups in total. The second-order valence-corrected chi connectivity index (χ2v) is 5.70. The van der Waals surface area contributed by atoms with E-state index in [0.717, 1.165) is 12.1 Å². The molecule has 0 aliphatic heterocycles. The molecule has 0 aliphatic carbocycles. The Balaban J connectivity index is 1.87. The first-order chi connectivity index (χ1) is 10.9. The maximum atomic E-state index is 13.4. The molecule has 0 heterocycles. The average Bonchev–Trinajstić information content (AvgIpc) is 2.48. The monoisotopic (exact) mass is 343 g/mol. The molecule has 0 fully saturated rings. The summed E-state index contributed by atoms with van der Waals surface area (Å²) in [5, 5.41) is 2.40. The van der Waals surface area contributed by atoms with E-state index in [4.69, 9.17) is 0 Å². The molecule has 7 heteroatoms. The lowest BCUT2D eigenvalue weighted by molar-refractivity contribution is -0.137. The molecule has 2 rings (SSSR count). The molecule has 0 atom stereocenters. The van der Waals surface area contributed by atoms with Crippen LogP contribution in [0.3, 0.4) is 0 Å². The van der Waals surface area contributed by atoms with E-state index in [-0.39, 0.29) is 17.3 Å². The number of rotatable bonds is 5. The first-order valence-corrected chi connectivity index (χ1v) is 7.80. The van der Waals surface area contributed by atoms with E-state index < -0.39 is 17.6 Å². The van der Waals surface area contributed by atoms with E-state index in [1.807, 2.05) is 0 Å². The number of anilines is 1. The van der Waals surface area contributed by atoms with Crippen LogP contribution in [-0.4, -0.2) is 11.7 Å². The van der Waals surface area contributed by atoms with E-state index >= 15 is 0 Å². The lowest BCUT2D eigenvalue weighted by Gasteiger charge is -2.10. The third kappa shape index (κ3) is 5.28. The molecule has 0 aliphatic rings. The molecule has 1 amide bonds. The molecule has 2 aromatic carbocycles. The maximum absolute atomic E-state index is 13.4. The molecular weight excluding hydrogens is 330 g/mol. The van der Waals surface area contributed by atoms with Crippen molar-refractivity contribution >= 4 is 23.4 Å². The molecule has 122 valence electrons. The minimum atomic E-state index is -4.46. The van der Waals surface area contributed by atoms with E-state index in [1.54, 1.807) is 18.2 Å². The van der Waals surface area contributed by atoms with Gasteiger partial charge in [-0.1, -0.05) is 24.3 Å². The summed E-state index contributed by atoms with van der Waals surface area (Å²) in [7, 11) is 0. The summed E-state index contributed by atoms with van der Waals surface area (Å²) < 4.78 is 51.1. The molecule has 2 nitrogen and oxygen atoms in total. The van der Waals surface area contributed by atoms with E-state index in [9.17, 15) is 22.4 Å². The fraction of sp³-hybridized carbons (Fsp3) is 0.188. The fourth-order valence-electron chi connectivity index (χ4n) is 1.84. The minimum absolute atomic E-state index is 0.0184. The van der Waals surface area contributed by atoms with Gasteiger partial charge in [-0.25, -0.2) is 4.39 Å². The predicted octanol–water partition coefficient (Wildman–Crippen LogP) is 4.72. The van der Waals surface area contributed by atoms with Crippen molar-refractivity contribution in [2.75, 3.05) is 11.1 Å². The highest BCUT2D eigenvalue weighted by Crippen LogP contribution is 2.30. The van der Waals surface area contributed by atoms with Crippen LogP contribution in [-0.2, 0) is 16.7 Å². The Morgan fingerprint density at radius 2 is 1.83 bits per heavy atom. The van der Waals surface area contributed by atoms with Crippen molar-refractivity contribution in [1.29, 1.82) is 0 Å². The van der Waals surface area contributed by atoms with Crippen molar-refractivity contribution < 1.29 is 22.4 Å². The normalized spacial score (nSPS) is 11.3. The second kappa shape index (κ2) is 7.50. The van der Waals surface area contributed by atoms with Gasteiger partial charge in [0.2, 0.25) is 5.91 Å². The van der Waals surface area contributed by atoms with Gasteiger partial charge in [0.05, 0.1) is 11.3 Å². The Labute approximate surface area is 134 Å². The Morgan fingerprint density at radius 1 is 1.09 bits per heavy atom. The highest BCUT2D eigenvalue weighted by molar-refractivity contribution is 7.99. The highest BCUT2D eigenvalue weighted by atomic mass is 32.2. The number of halogens is 4. The van der Waals surface area contributed by atoms with E-state index in [0.29, 0.717) is 11.3 Å². The van der Waals surface area contributed by atoms with Crippen LogP contribution >= 0.6 is 11.8 Å². The topological polar surface area (TPSA) is 29.1 Å². The van der Waals surface area contributed by atoms with Gasteiger partial charge < -0.3 is 5.32 Å². The van der Waals surface area contributed by atoms with Gasteiger partial charge in [-0.3, -0.25) is 4.79 Å². The average molecular weight is 343 g/mol. The summed E-state index contributed by atoms with van der Waals surface area (Å²) in [5.41, 5.74) is -0.269. The maximum Gasteiger partial charge on any atom is 0.416 e. The summed E-state index contributed by atoms with van der Waals surface area (Å²) in [6.45, 7) is 0. The van der Waals surface area contributed by atoms with E-state index in [2.05, 4.69) is 5.32 Å². The molecule has 0 bridgehead atoms. The second-order valence-electron chi connectivity index (χ2n) is 4.71. The van der Waals surface area contributed by atoms with Crippen LogP contribution in [0.25, 0.3) is 0 Å². The van der Waals surface area contributed by atoms with Gasteiger partial charge in [-0.2, -0.15) is 13.2 Å². The van der Waals surface area contributed by atoms with Gasteiger partial charge in [0.25, 0.3) is 0 Å². The Kier molecular flexibility index (Phi) is 5.65. The first-order valence-electron chi connectivity index (χ1n) is 6.64. The van der Waals surface area contributed by atoms with Gasteiger partial charge in [0, 0.05) is 11.4 Å². The lowest BCUT2D eigenvalue weighted by atomic mass is 10.2. The van der Waals surface area contributed by atoms with Crippen LogP contribution in [0.2, 0.25) is 0 Å². The summed E-state index contributed by atoms with van der Waals surface area (Å²) >= 11 is 1.18. The predicted molar refractivity (Wildman–Crippen MR) is 82.6 cm³/mol. The number of thioether (sulfide) groups is 1. The molecule has 2 aromatic rings. The summed E-state index contributed by atoms with van der Waals surface area (Å²) in [6, 6.07) is 10.6. The molecular formula is C16H13F4NOS. The molecule has 0 aromatic heterocycles. The summed E-state index contributed by atoms with van der Waals surface area (Å²) in [5.74, 6) is -0.461. The number of hydrogen-bond acceptors (Lipinski definition) is 2. The Hall–Kier alpha value is -2.02. The van der Waals surface area contributed by atoms with Crippen LogP contribution in [0.4, 0.5) is 23.2 Å². The highest BCUT2D eigenvalue weighted by Gasteiger charge is 2.30. The summed E-state index contributed by atoms with van der Waals surface area (Å²) in [6.07, 6.45) is -4.46. The summed E-state index contributed by atoms with van der Waals surface area (Å²) in [4.78, 5) is 11.7. The fourth-order valence-corrected chi connectivity index (χ4v) is 2.65. The number of hydrogen-bond donors (Lipinski definition) is 1. The third-order valence-corrected chi connectivity index (χ3v) is 3.90. The van der Waals surface area contributed by atoms with Crippen LogP contribution in [0.5, 0.6) is 0 Å². The van der Waals surface area contributed by atoms with Crippen LogP contribution in [0.15, 0.2) is 48.5 Å². The SMILES string of the molecule is O=C(CSCc1ccccc1F)Nc1cccc(C(F)(F)F)c1. The Bertz CT molecular complexity index is 688. The standard InChI is InChI=1S/C16H13F4NOS/c17-14-7-2-1-4-11(14)9-23-10-15(22)21-13-6-3-5-12(8-13)16(18,19)20/h1-8H,9-10H2,(H,21,22). The van der Waals surface area contributed by atoms with Gasteiger partial charge >= 0.3 is 6.18 Å². The molecule has 0 radical (unpaired) electrons. The minimum Gasteiger partial charge on any atom is -0.325 e. The number of benzene rings is 2. The van der Waals surface area contributed by atoms with E-state index in [1.165, 1.54) is 30.0 Å². The van der Waals surface area contributed by atoms with Crippen molar-refractivity contribution in [3.8, 4) is 0 Å². The largest absolute Gasteiger partial charge is 0.416 e. The third-order valence-electron chi connectivity index (χ3n) is 2.92. The number of carbonyl (C=O) groups is 1.